The molecule has 3 nitrogen and oxygen atoms in total. The molecular weight excluding hydrogens is 373 g/mol. The molecule has 0 aromatic heterocycles. The van der Waals surface area contributed by atoms with Gasteiger partial charge in [-0.05, 0) is 26.0 Å². The molecule has 2 rings (SSSR count). The topological polar surface area (TPSA) is 18.8 Å². The number of anilines is 2. The number of fused-ring (bicyclic) bond motifs is 1. The van der Waals surface area contributed by atoms with Crippen LogP contribution in [0, 0.1) is 0 Å². The van der Waals surface area contributed by atoms with Gasteiger partial charge in [0, 0.05) is 11.8 Å². The minimum atomic E-state index is -4.76. The summed E-state index contributed by atoms with van der Waals surface area (Å²) in [5, 5.41) is 4.71. The van der Waals surface area contributed by atoms with E-state index in [-0.39, 0.29) is 21.4 Å². The Balaban J connectivity index is 2.71. The number of alkyl halides is 4. The lowest BCUT2D eigenvalue weighted by Gasteiger charge is -2.38. The van der Waals surface area contributed by atoms with Crippen LogP contribution in [0.2, 0.25) is 10.0 Å². The van der Waals surface area contributed by atoms with Crippen molar-refractivity contribution in [2.45, 2.75) is 25.0 Å². The first kappa shape index (κ1) is 16.8. The number of hydrogen-bond donors (Lipinski definition) is 0. The number of benzene rings is 1. The molecular formula is C11H8Cl4F3N3. The number of amidine groups is 1. The van der Waals surface area contributed by atoms with Crippen LogP contribution in [0.1, 0.15) is 13.8 Å². The average molecular weight is 381 g/mol. The summed E-state index contributed by atoms with van der Waals surface area (Å²) in [4.78, 5) is -1.24. The molecule has 0 spiro atoms. The largest absolute Gasteiger partial charge is 0.452 e. The second kappa shape index (κ2) is 5.26. The van der Waals surface area contributed by atoms with Crippen LogP contribution in [0.5, 0.6) is 0 Å². The van der Waals surface area contributed by atoms with Gasteiger partial charge in [0.1, 0.15) is 5.00 Å². The molecule has 1 aromatic carbocycles. The van der Waals surface area contributed by atoms with Crippen LogP contribution < -0.4 is 9.43 Å². The van der Waals surface area contributed by atoms with Crippen LogP contribution in [0.25, 0.3) is 0 Å². The fraction of sp³-hybridized carbons (Fsp3) is 0.364. The van der Waals surface area contributed by atoms with Gasteiger partial charge in [0.15, 0.2) is 0 Å². The summed E-state index contributed by atoms with van der Waals surface area (Å²) in [7, 11) is 0. The lowest BCUT2D eigenvalue weighted by atomic mass is 10.2. The summed E-state index contributed by atoms with van der Waals surface area (Å²) in [6.07, 6.45) is -4.76. The highest BCUT2D eigenvalue weighted by molar-refractivity contribution is 6.44. The van der Waals surface area contributed by atoms with E-state index in [4.69, 9.17) is 46.6 Å². The minimum absolute atomic E-state index is 0.0119. The monoisotopic (exact) mass is 379 g/mol. The molecule has 0 atom stereocenters. The highest BCUT2D eigenvalue weighted by Crippen LogP contribution is 2.45. The molecule has 10 heteroatoms. The van der Waals surface area contributed by atoms with E-state index in [9.17, 15) is 13.2 Å². The number of hydrazone groups is 1. The smallest absolute Gasteiger partial charge is 0.241 e. The third-order valence-corrected chi connectivity index (χ3v) is 3.82. The second-order valence-corrected chi connectivity index (χ2v) is 6.76. The number of rotatable bonds is 1. The van der Waals surface area contributed by atoms with Gasteiger partial charge in [-0.3, -0.25) is 0 Å². The molecule has 21 heavy (non-hydrogen) atoms. The number of nitrogens with zero attached hydrogens (tertiary/aromatic N) is 3. The van der Waals surface area contributed by atoms with Crippen LogP contribution in [-0.4, -0.2) is 17.0 Å². The molecule has 0 saturated heterocycles. The fourth-order valence-electron chi connectivity index (χ4n) is 1.73. The van der Waals surface area contributed by atoms with Crippen molar-refractivity contribution in [1.29, 1.82) is 0 Å². The van der Waals surface area contributed by atoms with Crippen LogP contribution in [0.15, 0.2) is 17.2 Å². The Labute approximate surface area is 138 Å². The molecule has 1 heterocycles. The molecule has 1 aliphatic rings. The van der Waals surface area contributed by atoms with Crippen molar-refractivity contribution in [3.05, 3.63) is 22.2 Å². The van der Waals surface area contributed by atoms with E-state index in [1.807, 2.05) is 0 Å². The van der Waals surface area contributed by atoms with Crippen LogP contribution in [-0.2, 0) is 0 Å². The standard InChI is InChI=1S/C11H8Cl4F3N3/c1-10(2,14)21-8-4-6(13)5(12)3-7(8)20(15)9(19-21)11(16,17)18/h3-4H,1-2H3. The van der Waals surface area contributed by atoms with Crippen molar-refractivity contribution in [2.24, 2.45) is 5.10 Å². The molecule has 0 saturated carbocycles. The number of hydrogen-bond acceptors (Lipinski definition) is 3. The lowest BCUT2D eigenvalue weighted by molar-refractivity contribution is -0.0599. The third kappa shape index (κ3) is 3.13. The van der Waals surface area contributed by atoms with Crippen molar-refractivity contribution in [1.82, 2.24) is 0 Å². The predicted octanol–water partition coefficient (Wildman–Crippen LogP) is 5.62. The predicted molar refractivity (Wildman–Crippen MR) is 80.7 cm³/mol. The zero-order valence-electron chi connectivity index (χ0n) is 10.6. The normalized spacial score (nSPS) is 16.0. The van der Waals surface area contributed by atoms with Crippen LogP contribution in [0.4, 0.5) is 24.5 Å². The summed E-state index contributed by atoms with van der Waals surface area (Å²) in [5.41, 5.74) is 0.203. The first-order valence-corrected chi connectivity index (χ1v) is 7.00. The van der Waals surface area contributed by atoms with Gasteiger partial charge in [-0.25, -0.2) is 9.43 Å². The molecule has 0 unspecified atom stereocenters. The molecule has 0 amide bonds. The maximum absolute atomic E-state index is 13.0. The van der Waals surface area contributed by atoms with Crippen molar-refractivity contribution in [3.8, 4) is 0 Å². The Morgan fingerprint density at radius 2 is 1.52 bits per heavy atom. The Kier molecular flexibility index (Phi) is 4.21. The molecule has 116 valence electrons. The maximum Gasteiger partial charge on any atom is 0.452 e. The summed E-state index contributed by atoms with van der Waals surface area (Å²) >= 11 is 23.6. The van der Waals surface area contributed by atoms with Gasteiger partial charge in [-0.2, -0.15) is 13.2 Å². The van der Waals surface area contributed by atoms with Crippen molar-refractivity contribution in [3.63, 3.8) is 0 Å². The quantitative estimate of drug-likeness (QED) is 0.357. The first-order valence-electron chi connectivity index (χ1n) is 5.53. The zero-order chi connectivity index (χ0) is 16.2. The van der Waals surface area contributed by atoms with Gasteiger partial charge in [-0.15, -0.1) is 5.10 Å². The van der Waals surface area contributed by atoms with E-state index in [0.29, 0.717) is 4.42 Å². The summed E-state index contributed by atoms with van der Waals surface area (Å²) in [6, 6.07) is 2.58. The highest BCUT2D eigenvalue weighted by Gasteiger charge is 2.46. The van der Waals surface area contributed by atoms with Gasteiger partial charge in [0.05, 0.1) is 21.4 Å². The summed E-state index contributed by atoms with van der Waals surface area (Å²) in [5.74, 6) is -1.32. The van der Waals surface area contributed by atoms with E-state index in [0.717, 1.165) is 5.01 Å². The van der Waals surface area contributed by atoms with Gasteiger partial charge in [0.2, 0.25) is 5.84 Å². The average Bonchev–Trinajstić information content (AvgIpc) is 2.28. The molecule has 1 aliphatic heterocycles. The Hall–Kier alpha value is -0.560. The van der Waals surface area contributed by atoms with E-state index in [1.54, 1.807) is 0 Å². The Bertz CT molecular complexity index is 610. The molecule has 0 N–H and O–H groups in total. The van der Waals surface area contributed by atoms with Crippen LogP contribution in [0.3, 0.4) is 0 Å². The maximum atomic E-state index is 13.0. The van der Waals surface area contributed by atoms with Gasteiger partial charge >= 0.3 is 6.18 Å². The lowest BCUT2D eigenvalue weighted by Crippen LogP contribution is -2.46. The SMILES string of the molecule is CC(C)(Cl)N1N=C(C(F)(F)F)N(Cl)c2cc(Cl)c(Cl)cc21. The molecule has 1 aromatic rings. The summed E-state index contributed by atoms with van der Waals surface area (Å²) in [6.45, 7) is 2.98. The van der Waals surface area contributed by atoms with Crippen molar-refractivity contribution < 1.29 is 13.2 Å². The van der Waals surface area contributed by atoms with Crippen LogP contribution >= 0.6 is 46.6 Å². The number of halogens is 7. The minimum Gasteiger partial charge on any atom is -0.241 e. The Morgan fingerprint density at radius 1 is 1.05 bits per heavy atom. The summed E-state index contributed by atoms with van der Waals surface area (Å²) < 4.78 is 39.5. The highest BCUT2D eigenvalue weighted by atomic mass is 35.5. The fourth-order valence-corrected chi connectivity index (χ4v) is 2.44. The van der Waals surface area contributed by atoms with Gasteiger partial charge < -0.3 is 0 Å². The van der Waals surface area contributed by atoms with Gasteiger partial charge in [-0.1, -0.05) is 34.8 Å². The van der Waals surface area contributed by atoms with E-state index < -0.39 is 17.0 Å². The van der Waals surface area contributed by atoms with E-state index in [2.05, 4.69) is 5.10 Å². The second-order valence-electron chi connectivity index (χ2n) is 4.68. The Morgan fingerprint density at radius 3 is 1.95 bits per heavy atom. The van der Waals surface area contributed by atoms with Gasteiger partial charge in [0.25, 0.3) is 0 Å². The molecule has 0 aliphatic carbocycles. The first-order chi connectivity index (χ1) is 9.43. The van der Waals surface area contributed by atoms with Crippen molar-refractivity contribution >= 4 is 63.8 Å². The molecule has 0 radical (unpaired) electrons. The van der Waals surface area contributed by atoms with Crippen molar-refractivity contribution in [2.75, 3.05) is 9.43 Å². The van der Waals surface area contributed by atoms with E-state index in [1.165, 1.54) is 26.0 Å². The molecule has 0 fully saturated rings. The third-order valence-electron chi connectivity index (χ3n) is 2.60. The van der Waals surface area contributed by atoms with E-state index >= 15 is 0 Å². The molecule has 0 bridgehead atoms. The zero-order valence-corrected chi connectivity index (χ0v) is 13.7.